The van der Waals surface area contributed by atoms with Crippen LogP contribution < -0.4 is 0 Å². The third-order valence-electron chi connectivity index (χ3n) is 2.47. The van der Waals surface area contributed by atoms with Gasteiger partial charge in [-0.2, -0.15) is 11.8 Å². The third-order valence-corrected chi connectivity index (χ3v) is 3.41. The monoisotopic (exact) mass is 215 g/mol. The van der Waals surface area contributed by atoms with Crippen LogP contribution in [-0.4, -0.2) is 34.8 Å². The molecule has 0 N–H and O–H groups in total. The normalized spacial score (nSPS) is 22.1. The van der Waals surface area contributed by atoms with Gasteiger partial charge >= 0.3 is 0 Å². The molecule has 1 fully saturated rings. The van der Waals surface area contributed by atoms with Crippen molar-refractivity contribution in [3.63, 3.8) is 0 Å². The quantitative estimate of drug-likeness (QED) is 0.517. The number of likely N-dealkylation sites (tertiary alicyclic amines) is 1. The van der Waals surface area contributed by atoms with Gasteiger partial charge in [0.05, 0.1) is 5.25 Å². The van der Waals surface area contributed by atoms with E-state index in [0.717, 1.165) is 19.3 Å². The highest BCUT2D eigenvalue weighted by atomic mass is 32.2. The molecule has 1 rings (SSSR count). The van der Waals surface area contributed by atoms with Crippen LogP contribution in [0.4, 0.5) is 0 Å². The maximum Gasteiger partial charge on any atom is 0.242 e. The van der Waals surface area contributed by atoms with Crippen molar-refractivity contribution in [3.8, 4) is 0 Å². The second kappa shape index (κ2) is 5.39. The molecule has 3 nitrogen and oxygen atoms in total. The summed E-state index contributed by atoms with van der Waals surface area (Å²) in [6.07, 6.45) is 5.41. The van der Waals surface area contributed by atoms with Crippen LogP contribution in [0.5, 0.6) is 0 Å². The molecule has 0 radical (unpaired) electrons. The molecular formula is C10H17NO2S. The number of unbranched alkanes of at least 4 members (excludes halogenated alkanes) is 2. The minimum absolute atomic E-state index is 0.00505. The Kier molecular flexibility index (Phi) is 4.45. The molecule has 0 aliphatic carbocycles. The Morgan fingerprint density at radius 3 is 2.64 bits per heavy atom. The molecular weight excluding hydrogens is 198 g/mol. The Hall–Kier alpha value is -0.510. The van der Waals surface area contributed by atoms with Crippen LogP contribution in [0.15, 0.2) is 0 Å². The largest absolute Gasteiger partial charge is 0.282 e. The number of rotatable bonds is 5. The zero-order chi connectivity index (χ0) is 10.6. The second-order valence-corrected chi connectivity index (χ2v) is 4.56. The van der Waals surface area contributed by atoms with Crippen molar-refractivity contribution >= 4 is 23.6 Å². The Morgan fingerprint density at radius 2 is 2.14 bits per heavy atom. The van der Waals surface area contributed by atoms with Crippen LogP contribution >= 0.6 is 11.8 Å². The minimum Gasteiger partial charge on any atom is -0.282 e. The van der Waals surface area contributed by atoms with Crippen molar-refractivity contribution in [1.82, 2.24) is 4.90 Å². The summed E-state index contributed by atoms with van der Waals surface area (Å²) < 4.78 is 0. The molecule has 2 amide bonds. The van der Waals surface area contributed by atoms with E-state index >= 15 is 0 Å². The van der Waals surface area contributed by atoms with Crippen molar-refractivity contribution in [1.29, 1.82) is 0 Å². The molecule has 80 valence electrons. The number of nitrogens with zero attached hydrogens (tertiary/aromatic N) is 1. The molecule has 0 aromatic heterocycles. The van der Waals surface area contributed by atoms with Gasteiger partial charge < -0.3 is 0 Å². The molecule has 14 heavy (non-hydrogen) atoms. The highest BCUT2D eigenvalue weighted by Crippen LogP contribution is 2.23. The van der Waals surface area contributed by atoms with E-state index < -0.39 is 0 Å². The topological polar surface area (TPSA) is 37.4 Å². The Bertz CT molecular complexity index is 230. The fraction of sp³-hybridized carbons (Fsp3) is 0.800. The summed E-state index contributed by atoms with van der Waals surface area (Å²) in [6.45, 7) is 2.72. The standard InChI is InChI=1S/C10H17NO2S/c1-3-4-5-6-11-9(12)7-8(14-2)10(11)13/h8H,3-7H2,1-2H3. The van der Waals surface area contributed by atoms with Crippen molar-refractivity contribution in [2.45, 2.75) is 37.9 Å². The van der Waals surface area contributed by atoms with Gasteiger partial charge in [0.15, 0.2) is 0 Å². The maximum atomic E-state index is 11.6. The van der Waals surface area contributed by atoms with Gasteiger partial charge in [0.25, 0.3) is 0 Å². The van der Waals surface area contributed by atoms with E-state index in [9.17, 15) is 9.59 Å². The lowest BCUT2D eigenvalue weighted by Gasteiger charge is -2.13. The SMILES string of the molecule is CCCCCN1C(=O)CC(SC)C1=O. The maximum absolute atomic E-state index is 11.6. The summed E-state index contributed by atoms with van der Waals surface area (Å²) >= 11 is 1.48. The molecule has 0 spiro atoms. The smallest absolute Gasteiger partial charge is 0.242 e. The lowest BCUT2D eigenvalue weighted by Crippen LogP contribution is -2.32. The Balaban J connectivity index is 2.44. The molecule has 1 heterocycles. The molecule has 0 aromatic carbocycles. The van der Waals surface area contributed by atoms with E-state index in [-0.39, 0.29) is 17.1 Å². The first-order chi connectivity index (χ1) is 6.70. The zero-order valence-corrected chi connectivity index (χ0v) is 9.60. The van der Waals surface area contributed by atoms with E-state index in [2.05, 4.69) is 6.92 Å². The molecule has 1 aliphatic heterocycles. The van der Waals surface area contributed by atoms with Crippen molar-refractivity contribution in [3.05, 3.63) is 0 Å². The van der Waals surface area contributed by atoms with Crippen LogP contribution in [0.1, 0.15) is 32.6 Å². The first-order valence-corrected chi connectivity index (χ1v) is 6.36. The Labute approximate surface area is 89.2 Å². The van der Waals surface area contributed by atoms with Gasteiger partial charge in [0.2, 0.25) is 11.8 Å². The summed E-state index contributed by atoms with van der Waals surface area (Å²) in [5.41, 5.74) is 0. The first kappa shape index (κ1) is 11.6. The number of hydrogen-bond donors (Lipinski definition) is 0. The average molecular weight is 215 g/mol. The van der Waals surface area contributed by atoms with Crippen LogP contribution in [0.3, 0.4) is 0 Å². The summed E-state index contributed by atoms with van der Waals surface area (Å²) in [7, 11) is 0. The summed E-state index contributed by atoms with van der Waals surface area (Å²) in [4.78, 5) is 24.5. The predicted octanol–water partition coefficient (Wildman–Crippen LogP) is 1.67. The molecule has 4 heteroatoms. The highest BCUT2D eigenvalue weighted by molar-refractivity contribution is 8.00. The molecule has 1 aliphatic rings. The van der Waals surface area contributed by atoms with Gasteiger partial charge in [-0.3, -0.25) is 14.5 Å². The van der Waals surface area contributed by atoms with Crippen molar-refractivity contribution < 1.29 is 9.59 Å². The average Bonchev–Trinajstić information content (AvgIpc) is 2.45. The van der Waals surface area contributed by atoms with Crippen LogP contribution in [0.2, 0.25) is 0 Å². The zero-order valence-electron chi connectivity index (χ0n) is 8.78. The number of carbonyl (C=O) groups excluding carboxylic acids is 2. The van der Waals surface area contributed by atoms with Crippen LogP contribution in [-0.2, 0) is 9.59 Å². The number of imide groups is 1. The predicted molar refractivity (Wildman–Crippen MR) is 58.2 cm³/mol. The fourth-order valence-electron chi connectivity index (χ4n) is 1.59. The number of hydrogen-bond acceptors (Lipinski definition) is 3. The molecule has 0 bridgehead atoms. The molecule has 1 unspecified atom stereocenters. The Morgan fingerprint density at radius 1 is 1.43 bits per heavy atom. The number of carbonyl (C=O) groups is 2. The van der Waals surface area contributed by atoms with Gasteiger partial charge in [-0.05, 0) is 12.7 Å². The molecule has 1 saturated heterocycles. The van der Waals surface area contributed by atoms with E-state index in [0.29, 0.717) is 13.0 Å². The molecule has 0 aromatic rings. The summed E-state index contributed by atoms with van der Waals surface area (Å²) in [5, 5.41) is -0.121. The van der Waals surface area contributed by atoms with Crippen molar-refractivity contribution in [2.75, 3.05) is 12.8 Å². The van der Waals surface area contributed by atoms with Crippen molar-refractivity contribution in [2.24, 2.45) is 0 Å². The first-order valence-electron chi connectivity index (χ1n) is 5.07. The van der Waals surface area contributed by atoms with Gasteiger partial charge in [-0.1, -0.05) is 19.8 Å². The molecule has 1 atom stereocenters. The number of thioether (sulfide) groups is 1. The van der Waals surface area contributed by atoms with Gasteiger partial charge in [0, 0.05) is 13.0 Å². The summed E-state index contributed by atoms with van der Waals surface area (Å²) in [6, 6.07) is 0. The second-order valence-electron chi connectivity index (χ2n) is 3.52. The van der Waals surface area contributed by atoms with E-state index in [1.54, 1.807) is 0 Å². The lowest BCUT2D eigenvalue weighted by molar-refractivity contribution is -0.138. The third kappa shape index (κ3) is 2.50. The fourth-order valence-corrected chi connectivity index (χ4v) is 2.23. The van der Waals surface area contributed by atoms with E-state index in [1.165, 1.54) is 16.7 Å². The highest BCUT2D eigenvalue weighted by Gasteiger charge is 2.37. The minimum atomic E-state index is -0.121. The van der Waals surface area contributed by atoms with Crippen LogP contribution in [0.25, 0.3) is 0 Å². The van der Waals surface area contributed by atoms with E-state index in [1.807, 2.05) is 6.26 Å². The summed E-state index contributed by atoms with van der Waals surface area (Å²) in [5.74, 6) is 0.0176. The van der Waals surface area contributed by atoms with Gasteiger partial charge in [-0.25, -0.2) is 0 Å². The van der Waals surface area contributed by atoms with Gasteiger partial charge in [0.1, 0.15) is 0 Å². The molecule has 0 saturated carbocycles. The van der Waals surface area contributed by atoms with Crippen LogP contribution in [0, 0.1) is 0 Å². The lowest BCUT2D eigenvalue weighted by atomic mass is 10.2. The number of amides is 2. The van der Waals surface area contributed by atoms with E-state index in [4.69, 9.17) is 0 Å². The van der Waals surface area contributed by atoms with Gasteiger partial charge in [-0.15, -0.1) is 0 Å².